The number of carbonyl (C=O) groups is 1. The van der Waals surface area contributed by atoms with E-state index in [9.17, 15) is 4.79 Å². The summed E-state index contributed by atoms with van der Waals surface area (Å²) in [5.41, 5.74) is 1.13. The predicted molar refractivity (Wildman–Crippen MR) is 78.7 cm³/mol. The van der Waals surface area contributed by atoms with Gasteiger partial charge in [0.2, 0.25) is 5.91 Å². The molecule has 0 radical (unpaired) electrons. The van der Waals surface area contributed by atoms with E-state index in [0.29, 0.717) is 18.8 Å². The summed E-state index contributed by atoms with van der Waals surface area (Å²) in [6.45, 7) is 0.538. The molecule has 0 saturated carbocycles. The lowest BCUT2D eigenvalue weighted by atomic mass is 10.1. The van der Waals surface area contributed by atoms with Gasteiger partial charge in [0.1, 0.15) is 17.6 Å². The van der Waals surface area contributed by atoms with Gasteiger partial charge < -0.3 is 14.8 Å². The minimum absolute atomic E-state index is 0.00841. The van der Waals surface area contributed by atoms with Gasteiger partial charge in [-0.25, -0.2) is 0 Å². The number of ether oxygens (including phenoxy) is 2. The van der Waals surface area contributed by atoms with Gasteiger partial charge in [0, 0.05) is 24.3 Å². The number of fused-ring (bicyclic) bond motifs is 1. The van der Waals surface area contributed by atoms with E-state index in [1.165, 1.54) is 0 Å². The first kappa shape index (κ1) is 15.0. The molecule has 1 atom stereocenters. The molecule has 0 aliphatic carbocycles. The van der Waals surface area contributed by atoms with Crippen molar-refractivity contribution in [1.29, 1.82) is 0 Å². The Hall–Kier alpha value is -1.42. The summed E-state index contributed by atoms with van der Waals surface area (Å²) in [6, 6.07) is 5.78. The fourth-order valence-corrected chi connectivity index (χ4v) is 2.42. The van der Waals surface area contributed by atoms with Crippen LogP contribution in [-0.4, -0.2) is 31.5 Å². The second kappa shape index (κ2) is 7.39. The molecule has 0 unspecified atom stereocenters. The average molecular weight is 298 g/mol. The fourth-order valence-electron chi connectivity index (χ4n) is 2.23. The zero-order valence-corrected chi connectivity index (χ0v) is 12.4. The van der Waals surface area contributed by atoms with E-state index in [2.05, 4.69) is 5.32 Å². The van der Waals surface area contributed by atoms with Gasteiger partial charge in [0.05, 0.1) is 13.7 Å². The first-order valence-electron chi connectivity index (χ1n) is 6.89. The van der Waals surface area contributed by atoms with Crippen LogP contribution in [0, 0.1) is 0 Å². The number of carbonyl (C=O) groups excluding carboxylic acids is 1. The van der Waals surface area contributed by atoms with E-state index in [1.54, 1.807) is 7.11 Å². The van der Waals surface area contributed by atoms with E-state index in [0.717, 1.165) is 36.3 Å². The number of unbranched alkanes of at least 4 members (excludes halogenated alkanes) is 1. The first-order chi connectivity index (χ1) is 9.72. The monoisotopic (exact) mass is 297 g/mol. The molecule has 20 heavy (non-hydrogen) atoms. The molecule has 1 aliphatic rings. The van der Waals surface area contributed by atoms with E-state index in [1.807, 2.05) is 18.2 Å². The number of methoxy groups -OCH3 is 1. The summed E-state index contributed by atoms with van der Waals surface area (Å²) in [4.78, 5) is 11.6. The maximum atomic E-state index is 11.6. The molecule has 1 heterocycles. The number of rotatable bonds is 7. The Labute approximate surface area is 124 Å². The lowest BCUT2D eigenvalue weighted by Crippen LogP contribution is -2.34. The van der Waals surface area contributed by atoms with Crippen LogP contribution < -0.4 is 14.8 Å². The molecule has 1 aromatic carbocycles. The highest BCUT2D eigenvalue weighted by Gasteiger charge is 2.23. The minimum atomic E-state index is 0.00841. The molecule has 110 valence electrons. The van der Waals surface area contributed by atoms with Crippen LogP contribution in [-0.2, 0) is 11.2 Å². The summed E-state index contributed by atoms with van der Waals surface area (Å²) in [5.74, 6) is 2.38. The molecular formula is C15H20ClNO3. The highest BCUT2D eigenvalue weighted by atomic mass is 35.5. The summed E-state index contributed by atoms with van der Waals surface area (Å²) in [6.07, 6.45) is 3.04. The van der Waals surface area contributed by atoms with E-state index >= 15 is 0 Å². The molecule has 1 N–H and O–H groups in total. The van der Waals surface area contributed by atoms with Crippen LogP contribution in [0.2, 0.25) is 0 Å². The maximum Gasteiger partial charge on any atom is 0.220 e. The number of hydrogen-bond donors (Lipinski definition) is 1. The SMILES string of the molecule is COc1ccc2c(c1)C[C@H](CNC(=O)CCCCCl)O2. The predicted octanol–water partition coefficient (Wildman–Crippen LogP) is 2.52. The molecule has 1 aromatic rings. The van der Waals surface area contributed by atoms with Crippen molar-refractivity contribution in [3.63, 3.8) is 0 Å². The number of amides is 1. The van der Waals surface area contributed by atoms with Crippen molar-refractivity contribution in [2.24, 2.45) is 0 Å². The lowest BCUT2D eigenvalue weighted by Gasteiger charge is -2.11. The minimum Gasteiger partial charge on any atom is -0.497 e. The van der Waals surface area contributed by atoms with Crippen molar-refractivity contribution in [3.05, 3.63) is 23.8 Å². The first-order valence-corrected chi connectivity index (χ1v) is 7.42. The van der Waals surface area contributed by atoms with Gasteiger partial charge in [-0.1, -0.05) is 0 Å². The summed E-state index contributed by atoms with van der Waals surface area (Å²) >= 11 is 5.58. The molecule has 4 nitrogen and oxygen atoms in total. The maximum absolute atomic E-state index is 11.6. The second-order valence-corrected chi connectivity index (χ2v) is 5.25. The van der Waals surface area contributed by atoms with E-state index < -0.39 is 0 Å². The molecule has 0 spiro atoms. The zero-order valence-electron chi connectivity index (χ0n) is 11.7. The lowest BCUT2D eigenvalue weighted by molar-refractivity contribution is -0.121. The van der Waals surface area contributed by atoms with Crippen LogP contribution in [0.1, 0.15) is 24.8 Å². The molecule has 1 amide bonds. The average Bonchev–Trinajstić information content (AvgIpc) is 2.87. The van der Waals surface area contributed by atoms with Gasteiger partial charge in [0.25, 0.3) is 0 Å². The van der Waals surface area contributed by atoms with Crippen LogP contribution in [0.3, 0.4) is 0 Å². The van der Waals surface area contributed by atoms with Crippen LogP contribution in [0.5, 0.6) is 11.5 Å². The van der Waals surface area contributed by atoms with Crippen LogP contribution >= 0.6 is 11.6 Å². The second-order valence-electron chi connectivity index (χ2n) is 4.87. The standard InChI is InChI=1S/C15H20ClNO3/c1-19-12-5-6-14-11(8-12)9-13(20-14)10-17-15(18)4-2-3-7-16/h5-6,8,13H,2-4,7,9-10H2,1H3,(H,17,18)/t13-/m1/s1. The Morgan fingerprint density at radius 1 is 1.50 bits per heavy atom. The fraction of sp³-hybridized carbons (Fsp3) is 0.533. The van der Waals surface area contributed by atoms with E-state index in [-0.39, 0.29) is 12.0 Å². The summed E-state index contributed by atoms with van der Waals surface area (Å²) in [5, 5.41) is 2.91. The number of hydrogen-bond acceptors (Lipinski definition) is 3. The largest absolute Gasteiger partial charge is 0.497 e. The molecule has 1 aliphatic heterocycles. The third kappa shape index (κ3) is 4.04. The normalized spacial score (nSPS) is 16.4. The molecular weight excluding hydrogens is 278 g/mol. The van der Waals surface area contributed by atoms with Crippen molar-refractivity contribution in [1.82, 2.24) is 5.32 Å². The number of benzene rings is 1. The van der Waals surface area contributed by atoms with Crippen molar-refractivity contribution in [2.45, 2.75) is 31.8 Å². The topological polar surface area (TPSA) is 47.6 Å². The summed E-state index contributed by atoms with van der Waals surface area (Å²) < 4.78 is 11.0. The quantitative estimate of drug-likeness (QED) is 0.621. The van der Waals surface area contributed by atoms with Crippen molar-refractivity contribution >= 4 is 17.5 Å². The van der Waals surface area contributed by atoms with Gasteiger partial charge in [-0.2, -0.15) is 0 Å². The van der Waals surface area contributed by atoms with Crippen LogP contribution in [0.15, 0.2) is 18.2 Å². The number of halogens is 1. The molecule has 2 rings (SSSR count). The van der Waals surface area contributed by atoms with Crippen molar-refractivity contribution in [2.75, 3.05) is 19.5 Å². The van der Waals surface area contributed by atoms with Gasteiger partial charge >= 0.3 is 0 Å². The number of nitrogens with one attached hydrogen (secondary N) is 1. The molecule has 0 bridgehead atoms. The Balaban J connectivity index is 1.75. The van der Waals surface area contributed by atoms with E-state index in [4.69, 9.17) is 21.1 Å². The Morgan fingerprint density at radius 3 is 3.10 bits per heavy atom. The summed E-state index contributed by atoms with van der Waals surface area (Å²) in [7, 11) is 1.65. The third-order valence-corrected chi connectivity index (χ3v) is 3.59. The molecule has 0 saturated heterocycles. The van der Waals surface area contributed by atoms with Gasteiger partial charge in [-0.15, -0.1) is 11.6 Å². The Bertz CT molecular complexity index is 464. The molecule has 0 aromatic heterocycles. The van der Waals surface area contributed by atoms with Crippen molar-refractivity contribution < 1.29 is 14.3 Å². The van der Waals surface area contributed by atoms with Crippen molar-refractivity contribution in [3.8, 4) is 11.5 Å². The van der Waals surface area contributed by atoms with Gasteiger partial charge in [0.15, 0.2) is 0 Å². The Morgan fingerprint density at radius 2 is 2.35 bits per heavy atom. The highest BCUT2D eigenvalue weighted by Crippen LogP contribution is 2.31. The highest BCUT2D eigenvalue weighted by molar-refractivity contribution is 6.17. The van der Waals surface area contributed by atoms with Crippen LogP contribution in [0.4, 0.5) is 0 Å². The molecule has 0 fully saturated rings. The molecule has 5 heteroatoms. The zero-order chi connectivity index (χ0) is 14.4. The Kier molecular flexibility index (Phi) is 5.53. The smallest absolute Gasteiger partial charge is 0.220 e. The number of alkyl halides is 1. The van der Waals surface area contributed by atoms with Crippen LogP contribution in [0.25, 0.3) is 0 Å². The van der Waals surface area contributed by atoms with Gasteiger partial charge in [-0.3, -0.25) is 4.79 Å². The van der Waals surface area contributed by atoms with Gasteiger partial charge in [-0.05, 0) is 31.0 Å². The third-order valence-electron chi connectivity index (χ3n) is 3.32.